The highest BCUT2D eigenvalue weighted by molar-refractivity contribution is 5.88. The number of hydrogen-bond acceptors (Lipinski definition) is 7. The number of aromatic nitrogens is 1. The van der Waals surface area contributed by atoms with Crippen LogP contribution in [0.25, 0.3) is 0 Å². The summed E-state index contributed by atoms with van der Waals surface area (Å²) < 4.78 is 16.9. The van der Waals surface area contributed by atoms with Gasteiger partial charge in [0.15, 0.2) is 0 Å². The summed E-state index contributed by atoms with van der Waals surface area (Å²) in [5.74, 6) is 1.55. The van der Waals surface area contributed by atoms with Gasteiger partial charge in [-0.2, -0.15) is 10.2 Å². The summed E-state index contributed by atoms with van der Waals surface area (Å²) in [6, 6.07) is 17.1. The van der Waals surface area contributed by atoms with Crippen molar-refractivity contribution < 1.29 is 14.2 Å². The van der Waals surface area contributed by atoms with E-state index in [1.807, 2.05) is 36.4 Å². The third-order valence-electron chi connectivity index (χ3n) is 5.47. The molecule has 1 aromatic heterocycles. The van der Waals surface area contributed by atoms with Gasteiger partial charge in [0.05, 0.1) is 31.5 Å². The Morgan fingerprint density at radius 2 is 1.88 bits per heavy atom. The van der Waals surface area contributed by atoms with Gasteiger partial charge < -0.3 is 24.9 Å². The fourth-order valence-corrected chi connectivity index (χ4v) is 3.89. The normalized spacial score (nSPS) is 14.6. The lowest BCUT2D eigenvalue weighted by atomic mass is 9.88. The second-order valence-corrected chi connectivity index (χ2v) is 7.48. The van der Waals surface area contributed by atoms with Gasteiger partial charge in [0, 0.05) is 35.7 Å². The molecule has 3 aromatic rings. The van der Waals surface area contributed by atoms with E-state index in [1.165, 1.54) is 11.8 Å². The maximum absolute atomic E-state index is 9.18. The molecular formula is C25H24N4O3. The van der Waals surface area contributed by atoms with Crippen LogP contribution in [0, 0.1) is 16.7 Å². The van der Waals surface area contributed by atoms with Crippen LogP contribution in [0.4, 0.5) is 11.4 Å². The van der Waals surface area contributed by atoms with E-state index in [0.29, 0.717) is 23.1 Å². The van der Waals surface area contributed by atoms with Crippen molar-refractivity contribution in [3.63, 3.8) is 0 Å². The van der Waals surface area contributed by atoms with Gasteiger partial charge in [-0.05, 0) is 54.7 Å². The highest BCUT2D eigenvalue weighted by Gasteiger charge is 2.22. The molecule has 2 N–H and O–H groups in total. The topological polar surface area (TPSA) is 100 Å². The Balaban J connectivity index is 1.61. The number of hydrogen-bond donors (Lipinski definition) is 2. The SMILES string of the molecule is COc1cc(Nc2cc(O[C@H]3CCCc4cc(C#N)ccc43)ccc2C=N)cc(OC)n1. The van der Waals surface area contributed by atoms with E-state index in [0.717, 1.165) is 41.8 Å². The average Bonchev–Trinajstić information content (AvgIpc) is 2.83. The molecular weight excluding hydrogens is 404 g/mol. The minimum atomic E-state index is -0.0775. The first-order valence-electron chi connectivity index (χ1n) is 10.3. The number of ether oxygens (including phenoxy) is 3. The Labute approximate surface area is 187 Å². The summed E-state index contributed by atoms with van der Waals surface area (Å²) in [6.07, 6.45) is 4.09. The minimum Gasteiger partial charge on any atom is -0.486 e. The van der Waals surface area contributed by atoms with Crippen molar-refractivity contribution in [1.82, 2.24) is 4.98 Å². The van der Waals surface area contributed by atoms with Crippen molar-refractivity contribution >= 4 is 17.6 Å². The second kappa shape index (κ2) is 9.40. The van der Waals surface area contributed by atoms with E-state index < -0.39 is 0 Å². The van der Waals surface area contributed by atoms with Crippen LogP contribution in [0.15, 0.2) is 48.5 Å². The van der Waals surface area contributed by atoms with Crippen molar-refractivity contribution in [2.45, 2.75) is 25.4 Å². The van der Waals surface area contributed by atoms with Crippen molar-refractivity contribution in [2.24, 2.45) is 0 Å². The van der Waals surface area contributed by atoms with E-state index in [4.69, 9.17) is 19.6 Å². The number of benzene rings is 2. The monoisotopic (exact) mass is 428 g/mol. The first kappa shape index (κ1) is 21.2. The van der Waals surface area contributed by atoms with Gasteiger partial charge >= 0.3 is 0 Å². The molecule has 0 saturated carbocycles. The van der Waals surface area contributed by atoms with Gasteiger partial charge in [-0.1, -0.05) is 6.07 Å². The molecule has 0 fully saturated rings. The molecule has 7 heteroatoms. The molecule has 32 heavy (non-hydrogen) atoms. The summed E-state index contributed by atoms with van der Waals surface area (Å²) >= 11 is 0. The summed E-state index contributed by atoms with van der Waals surface area (Å²) in [7, 11) is 3.09. The Hall–Kier alpha value is -4.05. The number of aryl methyl sites for hydroxylation is 1. The molecule has 0 saturated heterocycles. The summed E-state index contributed by atoms with van der Waals surface area (Å²) in [5.41, 5.74) is 5.14. The number of nitrogens with zero attached hydrogens (tertiary/aromatic N) is 2. The van der Waals surface area contributed by atoms with Gasteiger partial charge in [0.2, 0.25) is 11.8 Å². The molecule has 1 aliphatic rings. The predicted molar refractivity (Wildman–Crippen MR) is 122 cm³/mol. The van der Waals surface area contributed by atoms with Gasteiger partial charge in [-0.15, -0.1) is 0 Å². The standard InChI is InChI=1S/C25H24N4O3/c1-30-24-11-19(12-25(29-24)31-2)28-22-13-20(8-7-18(22)15-27)32-23-5-3-4-17-10-16(14-26)6-9-21(17)23/h6-13,15,23,27H,3-5H2,1-2H3,(H,28,29)/t23-/m0/s1. The van der Waals surface area contributed by atoms with Crippen molar-refractivity contribution in [3.05, 3.63) is 70.8 Å². The van der Waals surface area contributed by atoms with Gasteiger partial charge in [-0.25, -0.2) is 0 Å². The van der Waals surface area contributed by atoms with Crippen LogP contribution in [0.3, 0.4) is 0 Å². The van der Waals surface area contributed by atoms with Crippen LogP contribution < -0.4 is 19.5 Å². The van der Waals surface area contributed by atoms with Crippen LogP contribution in [0.1, 0.15) is 41.2 Å². The highest BCUT2D eigenvalue weighted by Crippen LogP contribution is 2.36. The quantitative estimate of drug-likeness (QED) is 0.504. The van der Waals surface area contributed by atoms with E-state index in [9.17, 15) is 5.26 Å². The number of methoxy groups -OCH3 is 2. The summed E-state index contributed by atoms with van der Waals surface area (Å²) in [4.78, 5) is 4.21. The lowest BCUT2D eigenvalue weighted by Gasteiger charge is -2.27. The first-order valence-corrected chi connectivity index (χ1v) is 10.3. The largest absolute Gasteiger partial charge is 0.486 e. The zero-order valence-corrected chi connectivity index (χ0v) is 18.0. The molecule has 0 spiro atoms. The third-order valence-corrected chi connectivity index (χ3v) is 5.47. The third kappa shape index (κ3) is 4.49. The Morgan fingerprint density at radius 1 is 1.09 bits per heavy atom. The van der Waals surface area contributed by atoms with Gasteiger partial charge in [0.1, 0.15) is 11.9 Å². The van der Waals surface area contributed by atoms with Crippen LogP contribution in [0.5, 0.6) is 17.5 Å². The summed E-state index contributed by atoms with van der Waals surface area (Å²) in [5, 5.41) is 20.3. The Bertz CT molecular complexity index is 1160. The van der Waals surface area contributed by atoms with E-state index >= 15 is 0 Å². The van der Waals surface area contributed by atoms with Crippen molar-refractivity contribution in [1.29, 1.82) is 10.7 Å². The summed E-state index contributed by atoms with van der Waals surface area (Å²) in [6.45, 7) is 0. The second-order valence-electron chi connectivity index (χ2n) is 7.48. The minimum absolute atomic E-state index is 0.0775. The van der Waals surface area contributed by atoms with Crippen molar-refractivity contribution in [2.75, 3.05) is 19.5 Å². The number of anilines is 2. The fraction of sp³-hybridized carbons (Fsp3) is 0.240. The highest BCUT2D eigenvalue weighted by atomic mass is 16.5. The lowest BCUT2D eigenvalue weighted by molar-refractivity contribution is 0.183. The first-order chi connectivity index (χ1) is 15.6. The van der Waals surface area contributed by atoms with E-state index in [2.05, 4.69) is 16.4 Å². The predicted octanol–water partition coefficient (Wildman–Crippen LogP) is 5.17. The van der Waals surface area contributed by atoms with E-state index in [1.54, 1.807) is 26.4 Å². The molecule has 1 atom stereocenters. The van der Waals surface area contributed by atoms with Gasteiger partial charge in [-0.3, -0.25) is 0 Å². The molecule has 1 aliphatic carbocycles. The van der Waals surface area contributed by atoms with Crippen LogP contribution >= 0.6 is 0 Å². The molecule has 0 aliphatic heterocycles. The lowest BCUT2D eigenvalue weighted by Crippen LogP contribution is -2.15. The number of nitriles is 1. The van der Waals surface area contributed by atoms with Crippen molar-refractivity contribution in [3.8, 4) is 23.6 Å². The van der Waals surface area contributed by atoms with Crippen LogP contribution in [-0.4, -0.2) is 25.4 Å². The molecule has 1 heterocycles. The Morgan fingerprint density at radius 3 is 2.56 bits per heavy atom. The average molecular weight is 428 g/mol. The molecule has 162 valence electrons. The van der Waals surface area contributed by atoms with Crippen LogP contribution in [0.2, 0.25) is 0 Å². The van der Waals surface area contributed by atoms with Crippen LogP contribution in [-0.2, 0) is 6.42 Å². The number of pyridine rings is 1. The molecule has 7 nitrogen and oxygen atoms in total. The molecule has 0 bridgehead atoms. The van der Waals surface area contributed by atoms with Gasteiger partial charge in [0.25, 0.3) is 0 Å². The van der Waals surface area contributed by atoms with E-state index in [-0.39, 0.29) is 6.10 Å². The molecule has 4 rings (SSSR count). The fourth-order valence-electron chi connectivity index (χ4n) is 3.89. The Kier molecular flexibility index (Phi) is 6.22. The molecule has 0 amide bonds. The molecule has 0 unspecified atom stereocenters. The molecule has 0 radical (unpaired) electrons. The zero-order chi connectivity index (χ0) is 22.5. The number of rotatable bonds is 7. The maximum atomic E-state index is 9.18. The number of fused-ring (bicyclic) bond motifs is 1. The maximum Gasteiger partial charge on any atom is 0.218 e. The zero-order valence-electron chi connectivity index (χ0n) is 18.0. The smallest absolute Gasteiger partial charge is 0.218 e. The number of nitrogens with one attached hydrogen (secondary N) is 2. The molecule has 2 aromatic carbocycles.